The molecule has 0 spiro atoms. The van der Waals surface area contributed by atoms with Crippen molar-refractivity contribution in [2.24, 2.45) is 4.99 Å². The van der Waals surface area contributed by atoms with Gasteiger partial charge in [-0.05, 0) is 38.1 Å². The van der Waals surface area contributed by atoms with Crippen molar-refractivity contribution in [2.75, 3.05) is 25.1 Å². The van der Waals surface area contributed by atoms with Crippen molar-refractivity contribution < 1.29 is 18.3 Å². The number of fused-ring (bicyclic) bond motifs is 1. The fourth-order valence-electron chi connectivity index (χ4n) is 3.03. The number of ether oxygens (including phenoxy) is 2. The third-order valence-electron chi connectivity index (χ3n) is 4.70. The van der Waals surface area contributed by atoms with Crippen molar-refractivity contribution in [1.29, 1.82) is 0 Å². The Morgan fingerprint density at radius 1 is 1.13 bits per heavy atom. The highest BCUT2D eigenvalue weighted by molar-refractivity contribution is 5.93. The zero-order valence-electron chi connectivity index (χ0n) is 17.2. The van der Waals surface area contributed by atoms with Gasteiger partial charge in [-0.15, -0.1) is 0 Å². The molecule has 8 nitrogen and oxygen atoms in total. The Hall–Kier alpha value is -3.42. The first-order valence-corrected chi connectivity index (χ1v) is 10.1. The molecule has 0 bridgehead atoms. The van der Waals surface area contributed by atoms with Crippen LogP contribution in [0.3, 0.4) is 0 Å². The fraction of sp³-hybridized carbons (Fsp3) is 0.364. The number of aromatic nitrogens is 1. The number of rotatable bonds is 6. The van der Waals surface area contributed by atoms with E-state index in [4.69, 9.17) is 18.3 Å². The highest BCUT2D eigenvalue weighted by atomic mass is 16.5. The van der Waals surface area contributed by atoms with Gasteiger partial charge in [-0.25, -0.2) is 9.98 Å². The molecule has 0 amide bonds. The molecule has 3 heterocycles. The Morgan fingerprint density at radius 2 is 2.00 bits per heavy atom. The highest BCUT2D eigenvalue weighted by Crippen LogP contribution is 2.32. The summed E-state index contributed by atoms with van der Waals surface area (Å²) >= 11 is 0. The average molecular weight is 410 g/mol. The first kappa shape index (κ1) is 19.9. The van der Waals surface area contributed by atoms with Gasteiger partial charge in [-0.3, -0.25) is 0 Å². The topological polar surface area (TPSA) is 94.1 Å². The molecular weight excluding hydrogens is 384 g/mol. The van der Waals surface area contributed by atoms with Gasteiger partial charge in [0.25, 0.3) is 0 Å². The number of oxazole rings is 1. The van der Waals surface area contributed by atoms with E-state index in [0.29, 0.717) is 38.2 Å². The van der Waals surface area contributed by atoms with Crippen molar-refractivity contribution in [1.82, 2.24) is 10.3 Å². The molecule has 4 rings (SSSR count). The minimum atomic E-state index is 0.329. The summed E-state index contributed by atoms with van der Waals surface area (Å²) in [6, 6.07) is 9.60. The number of aliphatic imine (C=N–C) groups is 1. The van der Waals surface area contributed by atoms with Crippen LogP contribution in [0.5, 0.6) is 11.5 Å². The maximum Gasteiger partial charge on any atom is 0.216 e. The van der Waals surface area contributed by atoms with Gasteiger partial charge in [-0.2, -0.15) is 0 Å². The smallest absolute Gasteiger partial charge is 0.216 e. The predicted molar refractivity (Wildman–Crippen MR) is 113 cm³/mol. The molecule has 1 aliphatic heterocycles. The molecule has 0 saturated heterocycles. The Bertz CT molecular complexity index is 975. The van der Waals surface area contributed by atoms with Crippen molar-refractivity contribution in [2.45, 2.75) is 33.2 Å². The fourth-order valence-corrected chi connectivity index (χ4v) is 3.03. The summed E-state index contributed by atoms with van der Waals surface area (Å²) in [4.78, 5) is 9.03. The van der Waals surface area contributed by atoms with Gasteiger partial charge in [0.15, 0.2) is 17.5 Å². The van der Waals surface area contributed by atoms with Crippen LogP contribution in [0.2, 0.25) is 0 Å². The summed E-state index contributed by atoms with van der Waals surface area (Å²) in [5, 5.41) is 6.65. The van der Waals surface area contributed by atoms with Crippen LogP contribution in [0.1, 0.15) is 29.5 Å². The maximum atomic E-state index is 5.78. The number of aryl methyl sites for hydroxylation is 2. The quantitative estimate of drug-likeness (QED) is 0.471. The standard InChI is InChI=1S/C22H26N4O4/c1-15-16(2)30-21(25-15)14-24-22(23-9-8-18-5-3-10-27-18)26-17-6-7-19-20(13-17)29-12-4-11-28-19/h3,5-7,10,13H,4,8-9,11-12,14H2,1-2H3,(H2,23,24,26). The normalized spacial score (nSPS) is 13.7. The van der Waals surface area contributed by atoms with E-state index in [2.05, 4.69) is 20.6 Å². The average Bonchev–Trinajstić information content (AvgIpc) is 3.29. The molecule has 1 aromatic carbocycles. The first-order valence-electron chi connectivity index (χ1n) is 10.1. The lowest BCUT2D eigenvalue weighted by Crippen LogP contribution is -2.32. The van der Waals surface area contributed by atoms with Crippen LogP contribution < -0.4 is 20.1 Å². The number of anilines is 1. The maximum absolute atomic E-state index is 5.78. The van der Waals surface area contributed by atoms with Crippen LogP contribution in [0.4, 0.5) is 5.69 Å². The van der Waals surface area contributed by atoms with Gasteiger partial charge in [-0.1, -0.05) is 0 Å². The van der Waals surface area contributed by atoms with Crippen LogP contribution >= 0.6 is 0 Å². The monoisotopic (exact) mass is 410 g/mol. The summed E-state index contributed by atoms with van der Waals surface area (Å²) in [5.41, 5.74) is 1.73. The molecule has 0 fully saturated rings. The number of hydrogen-bond donors (Lipinski definition) is 2. The molecule has 0 saturated carbocycles. The van der Waals surface area contributed by atoms with Gasteiger partial charge < -0.3 is 28.9 Å². The molecule has 30 heavy (non-hydrogen) atoms. The van der Waals surface area contributed by atoms with E-state index in [1.165, 1.54) is 0 Å². The second-order valence-electron chi connectivity index (χ2n) is 7.01. The molecular formula is C22H26N4O4. The summed E-state index contributed by atoms with van der Waals surface area (Å²) in [7, 11) is 0. The molecule has 8 heteroatoms. The number of nitrogens with zero attached hydrogens (tertiary/aromatic N) is 2. The summed E-state index contributed by atoms with van der Waals surface area (Å²) in [6.45, 7) is 6.11. The predicted octanol–water partition coefficient (Wildman–Crippen LogP) is 3.85. The SMILES string of the molecule is Cc1nc(CN=C(NCCc2ccco2)Nc2ccc3c(c2)OCCCO3)oc1C. The van der Waals surface area contributed by atoms with Gasteiger partial charge in [0, 0.05) is 31.1 Å². The molecule has 0 radical (unpaired) electrons. The number of furan rings is 1. The minimum Gasteiger partial charge on any atom is -0.490 e. The van der Waals surface area contributed by atoms with Gasteiger partial charge in [0.2, 0.25) is 5.89 Å². The molecule has 2 N–H and O–H groups in total. The van der Waals surface area contributed by atoms with Gasteiger partial charge >= 0.3 is 0 Å². The van der Waals surface area contributed by atoms with E-state index in [0.717, 1.165) is 47.2 Å². The number of hydrogen-bond acceptors (Lipinski definition) is 6. The Morgan fingerprint density at radius 3 is 2.77 bits per heavy atom. The van der Waals surface area contributed by atoms with Crippen molar-refractivity contribution in [3.63, 3.8) is 0 Å². The van der Waals surface area contributed by atoms with Crippen LogP contribution in [0.25, 0.3) is 0 Å². The number of guanidine groups is 1. The number of nitrogens with one attached hydrogen (secondary N) is 2. The van der Waals surface area contributed by atoms with Crippen LogP contribution in [-0.4, -0.2) is 30.7 Å². The highest BCUT2D eigenvalue weighted by Gasteiger charge is 2.12. The lowest BCUT2D eigenvalue weighted by molar-refractivity contribution is 0.297. The van der Waals surface area contributed by atoms with E-state index in [-0.39, 0.29) is 0 Å². The van der Waals surface area contributed by atoms with E-state index in [1.807, 2.05) is 44.2 Å². The first-order chi connectivity index (χ1) is 14.7. The zero-order chi connectivity index (χ0) is 20.8. The minimum absolute atomic E-state index is 0.329. The second-order valence-corrected chi connectivity index (χ2v) is 7.01. The zero-order valence-corrected chi connectivity index (χ0v) is 17.2. The molecule has 2 aromatic heterocycles. The largest absolute Gasteiger partial charge is 0.490 e. The van der Waals surface area contributed by atoms with Crippen molar-refractivity contribution in [3.05, 3.63) is 59.7 Å². The lowest BCUT2D eigenvalue weighted by atomic mass is 10.2. The summed E-state index contributed by atoms with van der Waals surface area (Å²) in [6.07, 6.45) is 3.28. The van der Waals surface area contributed by atoms with Crippen molar-refractivity contribution >= 4 is 11.6 Å². The molecule has 3 aromatic rings. The second kappa shape index (κ2) is 9.39. The Labute approximate surface area is 175 Å². The molecule has 0 atom stereocenters. The summed E-state index contributed by atoms with van der Waals surface area (Å²) in [5.74, 6) is 4.40. The molecule has 158 valence electrons. The molecule has 1 aliphatic rings. The van der Waals surface area contributed by atoms with Crippen LogP contribution in [-0.2, 0) is 13.0 Å². The van der Waals surface area contributed by atoms with E-state index < -0.39 is 0 Å². The third kappa shape index (κ3) is 5.14. The molecule has 0 unspecified atom stereocenters. The third-order valence-corrected chi connectivity index (χ3v) is 4.70. The number of benzene rings is 1. The van der Waals surface area contributed by atoms with Crippen LogP contribution in [0.15, 0.2) is 50.4 Å². The van der Waals surface area contributed by atoms with E-state index in [9.17, 15) is 0 Å². The van der Waals surface area contributed by atoms with Crippen LogP contribution in [0, 0.1) is 13.8 Å². The Kier molecular flexibility index (Phi) is 6.22. The van der Waals surface area contributed by atoms with Gasteiger partial charge in [0.1, 0.15) is 18.1 Å². The molecule has 0 aliphatic carbocycles. The van der Waals surface area contributed by atoms with Crippen molar-refractivity contribution in [3.8, 4) is 11.5 Å². The summed E-state index contributed by atoms with van der Waals surface area (Å²) < 4.78 is 22.5. The lowest BCUT2D eigenvalue weighted by Gasteiger charge is -2.14. The Balaban J connectivity index is 1.47. The van der Waals surface area contributed by atoms with E-state index >= 15 is 0 Å². The van der Waals surface area contributed by atoms with Gasteiger partial charge in [0.05, 0.1) is 25.2 Å². The van der Waals surface area contributed by atoms with E-state index in [1.54, 1.807) is 6.26 Å².